The molecule has 0 radical (unpaired) electrons. The van der Waals surface area contributed by atoms with Crippen LogP contribution in [0.1, 0.15) is 24.8 Å². The van der Waals surface area contributed by atoms with E-state index in [1.807, 2.05) is 35.2 Å². The number of nitrogens with zero attached hydrogens (tertiary/aromatic N) is 1. The Bertz CT molecular complexity index is 384. The largest absolute Gasteiger partial charge is 0.287 e. The highest BCUT2D eigenvalue weighted by molar-refractivity contribution is 5.19. The van der Waals surface area contributed by atoms with Gasteiger partial charge in [0.15, 0.2) is 0 Å². The molecule has 1 aromatic carbocycles. The van der Waals surface area contributed by atoms with Crippen molar-refractivity contribution in [1.82, 2.24) is 4.90 Å². The van der Waals surface area contributed by atoms with Crippen LogP contribution in [0.3, 0.4) is 0 Å². The average Bonchev–Trinajstić information content (AvgIpc) is 2.93. The Morgan fingerprint density at radius 1 is 1.12 bits per heavy atom. The second kappa shape index (κ2) is 3.27. The summed E-state index contributed by atoms with van der Waals surface area (Å²) in [7, 11) is 0. The Hall–Kier alpha value is -0.960. The van der Waals surface area contributed by atoms with Gasteiger partial charge in [0.25, 0.3) is 5.92 Å². The van der Waals surface area contributed by atoms with Crippen molar-refractivity contribution in [3.8, 4) is 0 Å². The van der Waals surface area contributed by atoms with Gasteiger partial charge in [0, 0.05) is 18.5 Å². The first kappa shape index (κ1) is 10.2. The van der Waals surface area contributed by atoms with Gasteiger partial charge in [0.05, 0.1) is 6.54 Å². The molecule has 1 saturated carbocycles. The molecule has 1 saturated heterocycles. The molecule has 16 heavy (non-hydrogen) atoms. The Labute approximate surface area is 94.1 Å². The molecule has 1 nitrogen and oxygen atoms in total. The smallest absolute Gasteiger partial charge is 0.262 e. The third-order valence-corrected chi connectivity index (χ3v) is 3.72. The number of benzene rings is 1. The van der Waals surface area contributed by atoms with Gasteiger partial charge in [-0.25, -0.2) is 8.78 Å². The highest BCUT2D eigenvalue weighted by Gasteiger charge is 2.60. The number of hydrogen-bond donors (Lipinski definition) is 0. The van der Waals surface area contributed by atoms with Crippen molar-refractivity contribution in [2.24, 2.45) is 0 Å². The Morgan fingerprint density at radius 2 is 1.81 bits per heavy atom. The number of hydrogen-bond acceptors (Lipinski definition) is 1. The van der Waals surface area contributed by atoms with Crippen LogP contribution in [0, 0.1) is 0 Å². The highest BCUT2D eigenvalue weighted by Crippen LogP contribution is 2.54. The fraction of sp³-hybridized carbons (Fsp3) is 0.538. The van der Waals surface area contributed by atoms with E-state index in [9.17, 15) is 8.78 Å². The van der Waals surface area contributed by atoms with E-state index < -0.39 is 5.92 Å². The lowest BCUT2D eigenvalue weighted by atomic mass is 10.1. The zero-order valence-corrected chi connectivity index (χ0v) is 9.13. The molecule has 0 N–H and O–H groups in total. The molecule has 0 aromatic heterocycles. The van der Waals surface area contributed by atoms with E-state index in [4.69, 9.17) is 0 Å². The van der Waals surface area contributed by atoms with Crippen LogP contribution in [0.5, 0.6) is 0 Å². The number of likely N-dealkylation sites (tertiary alicyclic amines) is 1. The molecule has 1 aromatic rings. The third kappa shape index (κ3) is 1.73. The SMILES string of the molecule is FC1(F)CN(Cc2ccccc2)C2(CC2)C1. The summed E-state index contributed by atoms with van der Waals surface area (Å²) in [5, 5.41) is 0. The van der Waals surface area contributed by atoms with Crippen molar-refractivity contribution >= 4 is 0 Å². The number of rotatable bonds is 2. The zero-order chi connectivity index (χ0) is 11.2. The maximum absolute atomic E-state index is 13.4. The standard InChI is InChI=1S/C13H15F2N/c14-13(15)9-12(6-7-12)16(10-13)8-11-4-2-1-3-5-11/h1-5H,6-10H2. The number of alkyl halides is 2. The van der Waals surface area contributed by atoms with Gasteiger partial charge in [0.1, 0.15) is 0 Å². The summed E-state index contributed by atoms with van der Waals surface area (Å²) in [6.45, 7) is 0.596. The lowest BCUT2D eigenvalue weighted by Gasteiger charge is -2.22. The topological polar surface area (TPSA) is 3.24 Å². The minimum atomic E-state index is -2.48. The van der Waals surface area contributed by atoms with Crippen LogP contribution in [0.2, 0.25) is 0 Å². The molecular formula is C13H15F2N. The molecule has 3 heteroatoms. The summed E-state index contributed by atoms with van der Waals surface area (Å²) in [4.78, 5) is 1.97. The van der Waals surface area contributed by atoms with E-state index in [-0.39, 0.29) is 18.5 Å². The van der Waals surface area contributed by atoms with Crippen LogP contribution >= 0.6 is 0 Å². The van der Waals surface area contributed by atoms with E-state index in [1.54, 1.807) is 0 Å². The molecule has 1 spiro atoms. The quantitative estimate of drug-likeness (QED) is 0.744. The van der Waals surface area contributed by atoms with Crippen molar-refractivity contribution in [1.29, 1.82) is 0 Å². The molecular weight excluding hydrogens is 208 g/mol. The predicted molar refractivity (Wildman–Crippen MR) is 58.4 cm³/mol. The van der Waals surface area contributed by atoms with Crippen molar-refractivity contribution in [2.45, 2.75) is 37.3 Å². The normalized spacial score (nSPS) is 26.1. The van der Waals surface area contributed by atoms with Crippen molar-refractivity contribution < 1.29 is 8.78 Å². The molecule has 1 aliphatic carbocycles. The first-order valence-corrected chi connectivity index (χ1v) is 5.77. The number of halogens is 2. The summed E-state index contributed by atoms with van der Waals surface area (Å²) >= 11 is 0. The van der Waals surface area contributed by atoms with Gasteiger partial charge in [-0.15, -0.1) is 0 Å². The van der Waals surface area contributed by atoms with Crippen molar-refractivity contribution in [3.05, 3.63) is 35.9 Å². The molecule has 0 bridgehead atoms. The molecule has 0 unspecified atom stereocenters. The molecule has 3 rings (SSSR count). The molecule has 1 aliphatic heterocycles. The summed E-state index contributed by atoms with van der Waals surface area (Å²) in [5.41, 5.74) is 0.964. The molecule has 1 heterocycles. The van der Waals surface area contributed by atoms with Crippen molar-refractivity contribution in [2.75, 3.05) is 6.54 Å². The van der Waals surface area contributed by atoms with E-state index in [2.05, 4.69) is 0 Å². The monoisotopic (exact) mass is 223 g/mol. The van der Waals surface area contributed by atoms with E-state index in [0.717, 1.165) is 18.4 Å². The first-order chi connectivity index (χ1) is 7.60. The summed E-state index contributed by atoms with van der Waals surface area (Å²) in [6.07, 6.45) is 1.94. The fourth-order valence-corrected chi connectivity index (χ4v) is 2.76. The maximum atomic E-state index is 13.4. The van der Waals surface area contributed by atoms with Crippen LogP contribution in [-0.4, -0.2) is 22.9 Å². The van der Waals surface area contributed by atoms with Gasteiger partial charge in [-0.2, -0.15) is 0 Å². The Balaban J connectivity index is 1.76. The molecule has 86 valence electrons. The molecule has 2 aliphatic rings. The van der Waals surface area contributed by atoms with E-state index >= 15 is 0 Å². The Morgan fingerprint density at radius 3 is 2.44 bits per heavy atom. The summed E-state index contributed by atoms with van der Waals surface area (Å²) in [5.74, 6) is -2.48. The predicted octanol–water partition coefficient (Wildman–Crippen LogP) is 3.06. The lowest BCUT2D eigenvalue weighted by Crippen LogP contribution is -2.31. The average molecular weight is 223 g/mol. The highest BCUT2D eigenvalue weighted by atomic mass is 19.3. The van der Waals surface area contributed by atoms with Gasteiger partial charge >= 0.3 is 0 Å². The second-order valence-electron chi connectivity index (χ2n) is 5.10. The third-order valence-electron chi connectivity index (χ3n) is 3.72. The fourth-order valence-electron chi connectivity index (χ4n) is 2.76. The summed E-state index contributed by atoms with van der Waals surface area (Å²) in [6, 6.07) is 9.89. The second-order valence-corrected chi connectivity index (χ2v) is 5.10. The first-order valence-electron chi connectivity index (χ1n) is 5.77. The van der Waals surface area contributed by atoms with Gasteiger partial charge < -0.3 is 0 Å². The molecule has 0 amide bonds. The van der Waals surface area contributed by atoms with Crippen LogP contribution in [0.4, 0.5) is 8.78 Å². The van der Waals surface area contributed by atoms with Gasteiger partial charge in [0.2, 0.25) is 0 Å². The van der Waals surface area contributed by atoms with Crippen molar-refractivity contribution in [3.63, 3.8) is 0 Å². The van der Waals surface area contributed by atoms with Crippen LogP contribution < -0.4 is 0 Å². The van der Waals surface area contributed by atoms with Gasteiger partial charge in [-0.1, -0.05) is 30.3 Å². The Kier molecular flexibility index (Phi) is 2.08. The van der Waals surface area contributed by atoms with Crippen LogP contribution in [0.15, 0.2) is 30.3 Å². The summed E-state index contributed by atoms with van der Waals surface area (Å²) < 4.78 is 26.8. The van der Waals surface area contributed by atoms with Gasteiger partial charge in [-0.05, 0) is 18.4 Å². The van der Waals surface area contributed by atoms with Crippen LogP contribution in [0.25, 0.3) is 0 Å². The van der Waals surface area contributed by atoms with Gasteiger partial charge in [-0.3, -0.25) is 4.90 Å². The molecule has 2 fully saturated rings. The van der Waals surface area contributed by atoms with E-state index in [1.165, 1.54) is 0 Å². The zero-order valence-electron chi connectivity index (χ0n) is 9.13. The minimum absolute atomic E-state index is 0.0623. The molecule has 0 atom stereocenters. The minimum Gasteiger partial charge on any atom is -0.287 e. The maximum Gasteiger partial charge on any atom is 0.262 e. The van der Waals surface area contributed by atoms with E-state index in [0.29, 0.717) is 6.54 Å². The van der Waals surface area contributed by atoms with Crippen LogP contribution in [-0.2, 0) is 6.54 Å². The lowest BCUT2D eigenvalue weighted by molar-refractivity contribution is 0.0113.